The molecule has 0 aromatic heterocycles. The van der Waals surface area contributed by atoms with Crippen LogP contribution in [0.2, 0.25) is 0 Å². The summed E-state index contributed by atoms with van der Waals surface area (Å²) >= 11 is 0. The van der Waals surface area contributed by atoms with Gasteiger partial charge in [-0.1, -0.05) is 0 Å². The Balaban J connectivity index is 0.00000169. The molecular weight excluding hydrogens is 641 g/mol. The molecule has 0 bridgehead atoms. The molecule has 0 radical (unpaired) electrons. The molecule has 1 nitrogen and oxygen atoms in total. The maximum Gasteiger partial charge on any atom is 0.158 e. The number of halogens is 16. The first-order chi connectivity index (χ1) is 20.4. The van der Waals surface area contributed by atoms with Crippen molar-refractivity contribution in [3.8, 4) is 0 Å². The van der Waals surface area contributed by atoms with Crippen molar-refractivity contribution >= 4 is 28.0 Å². The van der Waals surface area contributed by atoms with Crippen molar-refractivity contribution in [2.75, 3.05) is 14.1 Å². The van der Waals surface area contributed by atoms with Gasteiger partial charge in [0, 0.05) is 24.3 Å². The molecule has 0 saturated heterocycles. The van der Waals surface area contributed by atoms with E-state index in [0.717, 1.165) is 0 Å². The van der Waals surface area contributed by atoms with E-state index < -0.39 is 145 Å². The molecule has 0 atom stereocenters. The van der Waals surface area contributed by atoms with E-state index in [0.29, 0.717) is 0 Å². The molecule has 2 N–H and O–H groups in total. The normalized spacial score (nSPS) is 11.5. The van der Waals surface area contributed by atoms with Gasteiger partial charge in [0.05, 0.1) is 14.1 Å². The Kier molecular flexibility index (Phi) is 9.67. The topological polar surface area (TPSA) is 16.6 Å². The Bertz CT molecular complexity index is 1430. The van der Waals surface area contributed by atoms with Crippen LogP contribution in [-0.2, 0) is 0 Å². The first kappa shape index (κ1) is 34.3. The molecule has 4 aromatic carbocycles. The highest BCUT2D eigenvalue weighted by Crippen LogP contribution is 2.27. The van der Waals surface area contributed by atoms with Gasteiger partial charge in [-0.15, -0.1) is 21.9 Å². The van der Waals surface area contributed by atoms with Crippen LogP contribution in [0.3, 0.4) is 0 Å². The van der Waals surface area contributed by atoms with Crippen LogP contribution in [0.1, 0.15) is 0 Å². The second kappa shape index (κ2) is 12.4. The maximum absolute atomic E-state index is 15.3. The van der Waals surface area contributed by atoms with E-state index in [1.54, 1.807) is 0 Å². The van der Waals surface area contributed by atoms with E-state index in [1.165, 1.54) is 0 Å². The van der Waals surface area contributed by atoms with Gasteiger partial charge >= 0.3 is 0 Å². The number of rotatable bonds is 4. The molecule has 236 valence electrons. The fourth-order valence-electron chi connectivity index (χ4n) is 4.75. The monoisotopic (exact) mass is 653 g/mol. The summed E-state index contributed by atoms with van der Waals surface area (Å²) in [4.78, 5) is 0. The van der Waals surface area contributed by atoms with Gasteiger partial charge < -0.3 is 5.32 Å². The van der Waals surface area contributed by atoms with Crippen LogP contribution in [0, 0.1) is 93.1 Å². The summed E-state index contributed by atoms with van der Waals surface area (Å²) in [5.74, 6) is -46.2. The van der Waals surface area contributed by atoms with Crippen molar-refractivity contribution in [2.24, 2.45) is 0 Å². The Labute approximate surface area is 235 Å². The van der Waals surface area contributed by atoms with Gasteiger partial charge in [-0.25, -0.2) is 70.2 Å². The minimum absolute atomic E-state index is 0.689. The van der Waals surface area contributed by atoms with E-state index in [9.17, 15) is 35.1 Å². The minimum Gasteiger partial charge on any atom is -0.351 e. The molecule has 0 aliphatic carbocycles. The van der Waals surface area contributed by atoms with Crippen molar-refractivity contribution in [1.29, 1.82) is 0 Å². The molecule has 44 heavy (non-hydrogen) atoms. The molecule has 0 amide bonds. The van der Waals surface area contributed by atoms with Crippen LogP contribution in [-0.4, -0.2) is 20.2 Å². The zero-order valence-corrected chi connectivity index (χ0v) is 21.5. The second-order valence-electron chi connectivity index (χ2n) is 8.97. The smallest absolute Gasteiger partial charge is 0.158 e. The standard InChI is InChI=1S/C24H4BF16.C2H7N/c26-5-1-6(27)18(35)13(17(5)34)25(14-19(36)7(28)2-8(29)20(14)37,15-21(38)9(30)3-10(31)22(15)39)16-23(40)11(32)4-12(33)24(16)41;1-3-2/h1-4H;3H,1-2H3/q-1;/p+1. The van der Waals surface area contributed by atoms with Crippen LogP contribution >= 0.6 is 0 Å². The third-order valence-electron chi connectivity index (χ3n) is 6.32. The fourth-order valence-corrected chi connectivity index (χ4v) is 4.75. The summed E-state index contributed by atoms with van der Waals surface area (Å²) in [7, 11) is 4.00. The van der Waals surface area contributed by atoms with Crippen molar-refractivity contribution < 1.29 is 75.6 Å². The van der Waals surface area contributed by atoms with Gasteiger partial charge in [-0.3, -0.25) is 0 Å². The third kappa shape index (κ3) is 5.13. The predicted octanol–water partition coefficient (Wildman–Crippen LogP) is 4.10. The molecular formula is C26H12BF16N. The lowest BCUT2D eigenvalue weighted by Gasteiger charge is -2.44. The van der Waals surface area contributed by atoms with Crippen LogP contribution in [0.4, 0.5) is 70.2 Å². The Hall–Kier alpha value is -4.22. The summed E-state index contributed by atoms with van der Waals surface area (Å²) in [5.41, 5.74) is -12.0. The van der Waals surface area contributed by atoms with Crippen LogP contribution in [0.15, 0.2) is 24.3 Å². The number of hydrogen-bond donors (Lipinski definition) is 1. The van der Waals surface area contributed by atoms with E-state index in [-0.39, 0.29) is 0 Å². The van der Waals surface area contributed by atoms with Gasteiger partial charge in [0.1, 0.15) is 52.7 Å². The number of nitrogens with two attached hydrogens (primary N) is 1. The molecule has 0 aliphatic rings. The van der Waals surface area contributed by atoms with Gasteiger partial charge in [-0.2, -0.15) is 0 Å². The average Bonchev–Trinajstić information content (AvgIpc) is 2.94. The highest BCUT2D eigenvalue weighted by molar-refractivity contribution is 7.20. The van der Waals surface area contributed by atoms with Gasteiger partial charge in [0.25, 0.3) is 0 Å². The zero-order valence-electron chi connectivity index (χ0n) is 21.5. The summed E-state index contributed by atoms with van der Waals surface area (Å²) in [6, 6.07) is -2.76. The van der Waals surface area contributed by atoms with E-state index >= 15 is 35.1 Å². The van der Waals surface area contributed by atoms with Gasteiger partial charge in [0.2, 0.25) is 0 Å². The Morgan fingerprint density at radius 1 is 0.318 bits per heavy atom. The number of hydrogen-bond acceptors (Lipinski definition) is 0. The lowest BCUT2D eigenvalue weighted by atomic mass is 9.12. The van der Waals surface area contributed by atoms with Gasteiger partial charge in [-0.05, 0) is 0 Å². The molecule has 0 aliphatic heterocycles. The molecule has 4 aromatic rings. The van der Waals surface area contributed by atoms with Crippen LogP contribution in [0.5, 0.6) is 0 Å². The third-order valence-corrected chi connectivity index (χ3v) is 6.32. The van der Waals surface area contributed by atoms with Crippen molar-refractivity contribution in [1.82, 2.24) is 0 Å². The maximum atomic E-state index is 15.3. The SMILES string of the molecule is C[NH2+]C.Fc1cc(F)c(F)c([B-](c2c(F)c(F)cc(F)c2F)(c2c(F)c(F)cc(F)c2F)c2c(F)c(F)cc(F)c2F)c1F. The molecule has 0 saturated carbocycles. The van der Waals surface area contributed by atoms with Crippen molar-refractivity contribution in [3.05, 3.63) is 117 Å². The highest BCUT2D eigenvalue weighted by atomic mass is 19.2. The lowest BCUT2D eigenvalue weighted by molar-refractivity contribution is -0.597. The fraction of sp³-hybridized carbons (Fsp3) is 0.0769. The van der Waals surface area contributed by atoms with E-state index in [2.05, 4.69) is 0 Å². The molecule has 0 heterocycles. The molecule has 4 rings (SSSR count). The Morgan fingerprint density at radius 3 is 0.545 bits per heavy atom. The molecule has 18 heteroatoms. The first-order valence-corrected chi connectivity index (χ1v) is 11.6. The average molecular weight is 653 g/mol. The number of benzene rings is 4. The molecule has 0 fully saturated rings. The summed E-state index contributed by atoms with van der Waals surface area (Å²) in [6.45, 7) is 0. The van der Waals surface area contributed by atoms with Crippen molar-refractivity contribution in [3.63, 3.8) is 0 Å². The van der Waals surface area contributed by atoms with Crippen LogP contribution in [0.25, 0.3) is 0 Å². The van der Waals surface area contributed by atoms with E-state index in [4.69, 9.17) is 0 Å². The quantitative estimate of drug-likeness (QED) is 0.194. The first-order valence-electron chi connectivity index (χ1n) is 11.6. The summed E-state index contributed by atoms with van der Waals surface area (Å²) < 4.78 is 238. The van der Waals surface area contributed by atoms with E-state index in [1.807, 2.05) is 19.4 Å². The highest BCUT2D eigenvalue weighted by Gasteiger charge is 2.50. The van der Waals surface area contributed by atoms with Crippen molar-refractivity contribution in [2.45, 2.75) is 0 Å². The summed E-state index contributed by atoms with van der Waals surface area (Å²) in [5, 5.41) is 2.00. The Morgan fingerprint density at radius 2 is 0.432 bits per heavy atom. The van der Waals surface area contributed by atoms with Gasteiger partial charge in [0.15, 0.2) is 46.5 Å². The minimum atomic E-state index is -6.49. The molecule has 0 spiro atoms. The van der Waals surface area contributed by atoms with Crippen LogP contribution < -0.4 is 27.2 Å². The summed E-state index contributed by atoms with van der Waals surface area (Å²) in [6.07, 6.45) is -6.49. The second-order valence-corrected chi connectivity index (χ2v) is 8.97. The number of quaternary nitrogens is 1. The largest absolute Gasteiger partial charge is 0.351 e. The predicted molar refractivity (Wildman–Crippen MR) is 123 cm³/mol. The lowest BCUT2D eigenvalue weighted by Crippen LogP contribution is -2.81. The zero-order chi connectivity index (χ0) is 33.6. The molecule has 0 unspecified atom stereocenters.